The van der Waals surface area contributed by atoms with Crippen molar-refractivity contribution in [3.63, 3.8) is 0 Å². The van der Waals surface area contributed by atoms with Crippen molar-refractivity contribution in [2.75, 3.05) is 0 Å². The van der Waals surface area contributed by atoms with E-state index in [-0.39, 0.29) is 5.56 Å². The summed E-state index contributed by atoms with van der Waals surface area (Å²) in [7, 11) is 0. The topological polar surface area (TPSA) is 37.3 Å². The molecular weight excluding hydrogens is 324 g/mol. The maximum absolute atomic E-state index is 11.0. The molecule has 0 fully saturated rings. The van der Waals surface area contributed by atoms with Gasteiger partial charge in [0.15, 0.2) is 0 Å². The van der Waals surface area contributed by atoms with E-state index < -0.39 is 5.97 Å². The third-order valence-corrected chi connectivity index (χ3v) is 3.60. The third kappa shape index (κ3) is 1.79. The molecule has 76 valence electrons. The fourth-order valence-electron chi connectivity index (χ4n) is 1.47. The lowest BCUT2D eigenvalue weighted by molar-refractivity contribution is 0.0695. The second kappa shape index (κ2) is 3.94. The fourth-order valence-corrected chi connectivity index (χ4v) is 3.09. The van der Waals surface area contributed by atoms with Crippen LogP contribution in [0.3, 0.4) is 0 Å². The molecule has 0 amide bonds. The molecule has 0 radical (unpaired) electrons. The number of carboxylic acid groups (broad SMARTS) is 1. The number of aromatic carboxylic acids is 1. The van der Waals surface area contributed by atoms with E-state index in [0.717, 1.165) is 10.8 Å². The predicted molar refractivity (Wildman–Crippen MR) is 66.3 cm³/mol. The SMILES string of the molecule is O=C(O)c1c(Br)cc2ccccc2c1Br. The van der Waals surface area contributed by atoms with Gasteiger partial charge in [0.1, 0.15) is 0 Å². The molecule has 2 aromatic rings. The Hall–Kier alpha value is -0.870. The Bertz CT molecular complexity index is 550. The van der Waals surface area contributed by atoms with E-state index in [2.05, 4.69) is 31.9 Å². The Balaban J connectivity index is 2.90. The van der Waals surface area contributed by atoms with Crippen LogP contribution in [0.1, 0.15) is 10.4 Å². The second-order valence-electron chi connectivity index (χ2n) is 3.07. The Labute approximate surface area is 103 Å². The van der Waals surface area contributed by atoms with Crippen LogP contribution in [0.5, 0.6) is 0 Å². The van der Waals surface area contributed by atoms with Gasteiger partial charge in [0.05, 0.1) is 5.56 Å². The predicted octanol–water partition coefficient (Wildman–Crippen LogP) is 4.06. The van der Waals surface area contributed by atoms with Crippen molar-refractivity contribution in [1.82, 2.24) is 0 Å². The molecule has 0 atom stereocenters. The van der Waals surface area contributed by atoms with Gasteiger partial charge in [-0.25, -0.2) is 4.79 Å². The molecule has 0 aliphatic carbocycles. The highest BCUT2D eigenvalue weighted by Gasteiger charge is 2.15. The van der Waals surface area contributed by atoms with Crippen LogP contribution >= 0.6 is 31.9 Å². The second-order valence-corrected chi connectivity index (χ2v) is 4.72. The number of carbonyl (C=O) groups is 1. The van der Waals surface area contributed by atoms with E-state index in [1.54, 1.807) is 0 Å². The Morgan fingerprint density at radius 1 is 1.20 bits per heavy atom. The lowest BCUT2D eigenvalue weighted by Crippen LogP contribution is -1.99. The van der Waals surface area contributed by atoms with E-state index in [0.29, 0.717) is 8.95 Å². The van der Waals surface area contributed by atoms with Gasteiger partial charge in [-0.1, -0.05) is 24.3 Å². The summed E-state index contributed by atoms with van der Waals surface area (Å²) in [6.07, 6.45) is 0. The van der Waals surface area contributed by atoms with Crippen molar-refractivity contribution < 1.29 is 9.90 Å². The molecule has 0 unspecified atom stereocenters. The first-order valence-electron chi connectivity index (χ1n) is 4.21. The van der Waals surface area contributed by atoms with Gasteiger partial charge in [-0.05, 0) is 48.7 Å². The number of carboxylic acids is 1. The molecule has 1 N–H and O–H groups in total. The average molecular weight is 330 g/mol. The monoisotopic (exact) mass is 328 g/mol. The van der Waals surface area contributed by atoms with Crippen LogP contribution in [-0.4, -0.2) is 11.1 Å². The maximum atomic E-state index is 11.0. The lowest BCUT2D eigenvalue weighted by atomic mass is 10.1. The van der Waals surface area contributed by atoms with Crippen LogP contribution in [-0.2, 0) is 0 Å². The van der Waals surface area contributed by atoms with Gasteiger partial charge in [0, 0.05) is 8.95 Å². The van der Waals surface area contributed by atoms with Crippen molar-refractivity contribution in [1.29, 1.82) is 0 Å². The van der Waals surface area contributed by atoms with Crippen molar-refractivity contribution in [2.24, 2.45) is 0 Å². The molecule has 2 aromatic carbocycles. The molecule has 0 bridgehead atoms. The summed E-state index contributed by atoms with van der Waals surface area (Å²) in [4.78, 5) is 11.0. The largest absolute Gasteiger partial charge is 0.478 e. The quantitative estimate of drug-likeness (QED) is 0.856. The first-order valence-corrected chi connectivity index (χ1v) is 5.80. The van der Waals surface area contributed by atoms with Gasteiger partial charge in [-0.3, -0.25) is 0 Å². The molecule has 0 saturated carbocycles. The summed E-state index contributed by atoms with van der Waals surface area (Å²) >= 11 is 6.58. The molecular formula is C11H6Br2O2. The van der Waals surface area contributed by atoms with Gasteiger partial charge in [0.25, 0.3) is 0 Å². The van der Waals surface area contributed by atoms with Gasteiger partial charge >= 0.3 is 5.97 Å². The lowest BCUT2D eigenvalue weighted by Gasteiger charge is -2.06. The fraction of sp³-hybridized carbons (Fsp3) is 0. The molecule has 0 aromatic heterocycles. The van der Waals surface area contributed by atoms with E-state index >= 15 is 0 Å². The highest BCUT2D eigenvalue weighted by atomic mass is 79.9. The maximum Gasteiger partial charge on any atom is 0.338 e. The van der Waals surface area contributed by atoms with Crippen molar-refractivity contribution in [3.05, 3.63) is 44.8 Å². The number of rotatable bonds is 1. The van der Waals surface area contributed by atoms with Gasteiger partial charge < -0.3 is 5.11 Å². The van der Waals surface area contributed by atoms with E-state index in [1.807, 2.05) is 30.3 Å². The summed E-state index contributed by atoms with van der Waals surface area (Å²) < 4.78 is 1.19. The van der Waals surface area contributed by atoms with Gasteiger partial charge in [-0.2, -0.15) is 0 Å². The number of fused-ring (bicyclic) bond motifs is 1. The highest BCUT2D eigenvalue weighted by Crippen LogP contribution is 2.33. The molecule has 2 rings (SSSR count). The highest BCUT2D eigenvalue weighted by molar-refractivity contribution is 9.11. The van der Waals surface area contributed by atoms with Crippen LogP contribution in [0.25, 0.3) is 10.8 Å². The van der Waals surface area contributed by atoms with E-state index in [9.17, 15) is 4.79 Å². The smallest absolute Gasteiger partial charge is 0.338 e. The van der Waals surface area contributed by atoms with Crippen LogP contribution in [0, 0.1) is 0 Å². The summed E-state index contributed by atoms with van der Waals surface area (Å²) in [5, 5.41) is 10.9. The van der Waals surface area contributed by atoms with Crippen molar-refractivity contribution >= 4 is 48.6 Å². The molecule has 0 aliphatic heterocycles. The first kappa shape index (κ1) is 10.6. The summed E-state index contributed by atoms with van der Waals surface area (Å²) in [6.45, 7) is 0. The Kier molecular flexibility index (Phi) is 2.80. The number of hydrogen-bond donors (Lipinski definition) is 1. The summed E-state index contributed by atoms with van der Waals surface area (Å²) in [5.74, 6) is -0.945. The average Bonchev–Trinajstić information content (AvgIpc) is 2.17. The molecule has 0 aliphatic rings. The minimum absolute atomic E-state index is 0.258. The summed E-state index contributed by atoms with van der Waals surface area (Å²) in [6, 6.07) is 9.44. The van der Waals surface area contributed by atoms with E-state index in [1.165, 1.54) is 0 Å². The van der Waals surface area contributed by atoms with Crippen LogP contribution in [0.4, 0.5) is 0 Å². The summed E-state index contributed by atoms with van der Waals surface area (Å²) in [5.41, 5.74) is 0.258. The van der Waals surface area contributed by atoms with Crippen LogP contribution in [0.15, 0.2) is 39.3 Å². The Morgan fingerprint density at radius 2 is 1.87 bits per heavy atom. The van der Waals surface area contributed by atoms with E-state index in [4.69, 9.17) is 5.11 Å². The van der Waals surface area contributed by atoms with Crippen LogP contribution < -0.4 is 0 Å². The zero-order chi connectivity index (χ0) is 11.0. The third-order valence-electron chi connectivity index (χ3n) is 2.15. The number of hydrogen-bond acceptors (Lipinski definition) is 1. The molecule has 4 heteroatoms. The zero-order valence-corrected chi connectivity index (χ0v) is 10.7. The number of benzene rings is 2. The van der Waals surface area contributed by atoms with Crippen molar-refractivity contribution in [3.8, 4) is 0 Å². The molecule has 2 nitrogen and oxygen atoms in total. The van der Waals surface area contributed by atoms with Crippen molar-refractivity contribution in [2.45, 2.75) is 0 Å². The standard InChI is InChI=1S/C11H6Br2O2/c12-8-5-6-3-1-2-4-7(6)10(13)9(8)11(14)15/h1-5H,(H,14,15). The molecule has 0 spiro atoms. The molecule has 0 heterocycles. The molecule has 15 heavy (non-hydrogen) atoms. The number of halogens is 2. The molecule has 0 saturated heterocycles. The zero-order valence-electron chi connectivity index (χ0n) is 7.50. The minimum atomic E-state index is -0.945. The minimum Gasteiger partial charge on any atom is -0.478 e. The first-order chi connectivity index (χ1) is 7.11. The Morgan fingerprint density at radius 3 is 2.53 bits per heavy atom. The normalized spacial score (nSPS) is 10.5. The van der Waals surface area contributed by atoms with Gasteiger partial charge in [-0.15, -0.1) is 0 Å². The van der Waals surface area contributed by atoms with Gasteiger partial charge in [0.2, 0.25) is 0 Å². The van der Waals surface area contributed by atoms with Crippen LogP contribution in [0.2, 0.25) is 0 Å².